The van der Waals surface area contributed by atoms with Gasteiger partial charge in [-0.1, -0.05) is 18.2 Å². The van der Waals surface area contributed by atoms with Crippen LogP contribution in [0.5, 0.6) is 0 Å². The highest BCUT2D eigenvalue weighted by atomic mass is 16.1. The van der Waals surface area contributed by atoms with Crippen LogP contribution in [-0.4, -0.2) is 20.5 Å². The van der Waals surface area contributed by atoms with Crippen LogP contribution in [-0.2, 0) is 0 Å². The van der Waals surface area contributed by atoms with Gasteiger partial charge in [-0.05, 0) is 36.5 Å². The molecule has 0 amide bonds. The fraction of sp³-hybridized carbons (Fsp3) is 0. The third kappa shape index (κ3) is 3.44. The number of pyridine rings is 1. The number of hydrogen-bond acceptors (Lipinski definition) is 5. The van der Waals surface area contributed by atoms with Crippen molar-refractivity contribution in [2.45, 2.75) is 0 Å². The molecule has 0 bridgehead atoms. The van der Waals surface area contributed by atoms with Gasteiger partial charge in [-0.25, -0.2) is 9.67 Å². The Morgan fingerprint density at radius 1 is 1.12 bits per heavy atom. The number of aliphatic imine (C=N–C) groups is 1. The smallest absolute Gasteiger partial charge is 0.209 e. The number of aromatic nitrogens is 3. The summed E-state index contributed by atoms with van der Waals surface area (Å²) in [5, 5.41) is 4.38. The van der Waals surface area contributed by atoms with Crippen molar-refractivity contribution in [1.82, 2.24) is 14.8 Å². The number of para-hydroxylation sites is 1. The minimum atomic E-state index is -0.233. The standard InChI is InChI=1S/C18H15N5O/c19-10-8-16(21-14-5-2-1-3-6-14)18-17(24)9-12-23(22-18)15-7-4-11-20-13-15/h1-13H,19H2. The molecule has 0 fully saturated rings. The van der Waals surface area contributed by atoms with Crippen molar-refractivity contribution in [3.63, 3.8) is 0 Å². The van der Waals surface area contributed by atoms with Gasteiger partial charge in [0.25, 0.3) is 0 Å². The van der Waals surface area contributed by atoms with Crippen LogP contribution in [0.15, 0.2) is 89.2 Å². The van der Waals surface area contributed by atoms with Crippen LogP contribution in [0.25, 0.3) is 5.69 Å². The predicted octanol–water partition coefficient (Wildman–Crippen LogP) is 2.22. The first-order chi connectivity index (χ1) is 11.8. The highest BCUT2D eigenvalue weighted by molar-refractivity contribution is 6.08. The zero-order valence-corrected chi connectivity index (χ0v) is 12.8. The van der Waals surface area contributed by atoms with Crippen molar-refractivity contribution in [1.29, 1.82) is 0 Å². The first kappa shape index (κ1) is 15.4. The summed E-state index contributed by atoms with van der Waals surface area (Å²) in [5.41, 5.74) is 7.34. The van der Waals surface area contributed by atoms with Crippen molar-refractivity contribution in [3.8, 4) is 5.69 Å². The second-order valence-corrected chi connectivity index (χ2v) is 4.88. The summed E-state index contributed by atoms with van der Waals surface area (Å²) in [7, 11) is 0. The highest BCUT2D eigenvalue weighted by Crippen LogP contribution is 2.12. The van der Waals surface area contributed by atoms with E-state index in [1.165, 1.54) is 12.3 Å². The maximum Gasteiger partial charge on any atom is 0.209 e. The summed E-state index contributed by atoms with van der Waals surface area (Å²) in [5.74, 6) is 0. The fourth-order valence-electron chi connectivity index (χ4n) is 2.12. The maximum absolute atomic E-state index is 12.3. The Hall–Kier alpha value is -3.54. The zero-order chi connectivity index (χ0) is 16.8. The Labute approximate surface area is 138 Å². The molecule has 0 aliphatic heterocycles. The van der Waals surface area contributed by atoms with Gasteiger partial charge in [0.15, 0.2) is 5.69 Å². The number of benzene rings is 1. The molecule has 0 aliphatic rings. The van der Waals surface area contributed by atoms with E-state index in [-0.39, 0.29) is 11.1 Å². The molecule has 1 aromatic carbocycles. The van der Waals surface area contributed by atoms with Crippen molar-refractivity contribution in [3.05, 3.63) is 95.3 Å². The third-order valence-corrected chi connectivity index (χ3v) is 3.22. The lowest BCUT2D eigenvalue weighted by Crippen LogP contribution is -2.20. The van der Waals surface area contributed by atoms with Crippen LogP contribution in [0.2, 0.25) is 0 Å². The molecule has 0 saturated heterocycles. The summed E-state index contributed by atoms with van der Waals surface area (Å²) in [6.07, 6.45) is 7.82. The second-order valence-electron chi connectivity index (χ2n) is 4.88. The molecule has 0 atom stereocenters. The minimum absolute atomic E-state index is 0.215. The molecule has 0 aliphatic carbocycles. The van der Waals surface area contributed by atoms with Gasteiger partial charge in [0.05, 0.1) is 23.3 Å². The van der Waals surface area contributed by atoms with Gasteiger partial charge in [-0.15, -0.1) is 0 Å². The largest absolute Gasteiger partial charge is 0.405 e. The van der Waals surface area contributed by atoms with Crippen LogP contribution >= 0.6 is 0 Å². The van der Waals surface area contributed by atoms with Crippen molar-refractivity contribution >= 4 is 11.4 Å². The van der Waals surface area contributed by atoms with E-state index in [0.29, 0.717) is 11.4 Å². The Bertz CT molecular complexity index is 930. The van der Waals surface area contributed by atoms with Gasteiger partial charge in [0, 0.05) is 18.5 Å². The van der Waals surface area contributed by atoms with Crippen molar-refractivity contribution < 1.29 is 0 Å². The monoisotopic (exact) mass is 317 g/mol. The Kier molecular flexibility index (Phi) is 4.57. The normalized spacial score (nSPS) is 11.8. The van der Waals surface area contributed by atoms with Crippen LogP contribution in [0, 0.1) is 0 Å². The van der Waals surface area contributed by atoms with E-state index in [2.05, 4.69) is 15.1 Å². The average Bonchev–Trinajstić information content (AvgIpc) is 2.63. The van der Waals surface area contributed by atoms with E-state index in [0.717, 1.165) is 5.69 Å². The van der Waals surface area contributed by atoms with E-state index < -0.39 is 0 Å². The molecule has 0 spiro atoms. The van der Waals surface area contributed by atoms with E-state index in [9.17, 15) is 4.79 Å². The lowest BCUT2D eigenvalue weighted by atomic mass is 10.2. The van der Waals surface area contributed by atoms with Gasteiger partial charge in [-0.2, -0.15) is 5.10 Å². The maximum atomic E-state index is 12.3. The van der Waals surface area contributed by atoms with Crippen LogP contribution in [0.3, 0.4) is 0 Å². The van der Waals surface area contributed by atoms with E-state index in [1.54, 1.807) is 35.4 Å². The summed E-state index contributed by atoms with van der Waals surface area (Å²) in [6.45, 7) is 0. The summed E-state index contributed by atoms with van der Waals surface area (Å²) < 4.78 is 1.58. The molecule has 6 nitrogen and oxygen atoms in total. The van der Waals surface area contributed by atoms with Gasteiger partial charge in [0.2, 0.25) is 5.43 Å². The summed E-state index contributed by atoms with van der Waals surface area (Å²) >= 11 is 0. The predicted molar refractivity (Wildman–Crippen MR) is 93.6 cm³/mol. The van der Waals surface area contributed by atoms with Gasteiger partial charge >= 0.3 is 0 Å². The van der Waals surface area contributed by atoms with Gasteiger partial charge in [0.1, 0.15) is 0 Å². The molecule has 0 unspecified atom stereocenters. The molecule has 6 heteroatoms. The first-order valence-corrected chi connectivity index (χ1v) is 7.31. The zero-order valence-electron chi connectivity index (χ0n) is 12.8. The van der Waals surface area contributed by atoms with E-state index >= 15 is 0 Å². The summed E-state index contributed by atoms with van der Waals surface area (Å²) in [4.78, 5) is 20.8. The molecule has 2 heterocycles. The summed E-state index contributed by atoms with van der Waals surface area (Å²) in [6, 6.07) is 14.4. The van der Waals surface area contributed by atoms with Gasteiger partial charge in [-0.3, -0.25) is 9.78 Å². The Morgan fingerprint density at radius 3 is 2.67 bits per heavy atom. The molecule has 24 heavy (non-hydrogen) atoms. The van der Waals surface area contributed by atoms with Gasteiger partial charge < -0.3 is 5.73 Å². The quantitative estimate of drug-likeness (QED) is 0.748. The topological polar surface area (TPSA) is 86.2 Å². The Balaban J connectivity index is 2.12. The number of rotatable bonds is 4. The first-order valence-electron chi connectivity index (χ1n) is 7.31. The molecule has 3 aromatic rings. The number of nitrogens with zero attached hydrogens (tertiary/aromatic N) is 4. The lowest BCUT2D eigenvalue weighted by Gasteiger charge is -2.07. The SMILES string of the molecule is NC=CC(=Nc1ccccc1)c1nn(-c2cccnc2)ccc1=O. The van der Waals surface area contributed by atoms with E-state index in [1.807, 2.05) is 36.4 Å². The van der Waals surface area contributed by atoms with Crippen LogP contribution < -0.4 is 11.2 Å². The van der Waals surface area contributed by atoms with Crippen LogP contribution in [0.1, 0.15) is 5.69 Å². The molecule has 2 aromatic heterocycles. The number of allylic oxidation sites excluding steroid dienone is 1. The molecule has 0 radical (unpaired) electrons. The van der Waals surface area contributed by atoms with Crippen molar-refractivity contribution in [2.75, 3.05) is 0 Å². The van der Waals surface area contributed by atoms with Crippen molar-refractivity contribution in [2.24, 2.45) is 10.7 Å². The third-order valence-electron chi connectivity index (χ3n) is 3.22. The number of nitrogens with two attached hydrogens (primary N) is 1. The molecule has 2 N–H and O–H groups in total. The lowest BCUT2D eigenvalue weighted by molar-refractivity contribution is 0.824. The number of hydrogen-bond donors (Lipinski definition) is 1. The molecular weight excluding hydrogens is 302 g/mol. The van der Waals surface area contributed by atoms with E-state index in [4.69, 9.17) is 5.73 Å². The average molecular weight is 317 g/mol. The molecule has 3 rings (SSSR count). The molecule has 118 valence electrons. The molecular formula is C18H15N5O. The minimum Gasteiger partial charge on any atom is -0.405 e. The van der Waals surface area contributed by atoms with Crippen LogP contribution in [0.4, 0.5) is 5.69 Å². The molecule has 0 saturated carbocycles. The highest BCUT2D eigenvalue weighted by Gasteiger charge is 2.09. The fourth-order valence-corrected chi connectivity index (χ4v) is 2.12. The second kappa shape index (κ2) is 7.15. The Morgan fingerprint density at radius 2 is 1.96 bits per heavy atom.